The van der Waals surface area contributed by atoms with E-state index in [2.05, 4.69) is 21.3 Å². The lowest BCUT2D eigenvalue weighted by Crippen LogP contribution is -2.62. The maximum atomic E-state index is 15.4. The summed E-state index contributed by atoms with van der Waals surface area (Å²) in [7, 11) is 9.93. The van der Waals surface area contributed by atoms with Gasteiger partial charge < -0.3 is 75.4 Å². The Morgan fingerprint density at radius 3 is 1.44 bits per heavy atom. The number of hydrogen-bond donors (Lipinski definition) is 6. The standard InChI is InChI=1S/C75H132N12O15/c1-19-50(8)64-74(100)86(18)59(41-49(6)7)68(94)79-65(51(9)88)73(99)81(13)45-63(91)82(14)56(34-33-52-29-23-20-24-30-52)72(98)85(17)58(40-48(4)5)67(93)77-55(46-102-38-35-75(10,11)101)70(96)84(16)57(39-47(2)3)66(92)76-54(71(97)87-36-27-22-28-37-87)43-61(89)80(12)44-62(90)83(15)60(69(95)78-64)42-53-31-25-21-26-32-53/h47-60,64-65,88,101H,19-46H2,1-18H3,(H,76,92)(H,77,93)(H,78,95)(H,79,94)/t50-,51+,54-,55-,56-,57-,58-,59-,60-,64-,65-/m0/s1. The Balaban J connectivity index is 1.95. The molecule has 0 bridgehead atoms. The molecule has 27 nitrogen and oxygen atoms in total. The molecule has 2 saturated heterocycles. The fourth-order valence-electron chi connectivity index (χ4n) is 14.4. The maximum Gasteiger partial charge on any atom is 0.248 e. The minimum Gasteiger partial charge on any atom is -0.391 e. The van der Waals surface area contributed by atoms with Crippen LogP contribution in [0.25, 0.3) is 0 Å². The van der Waals surface area contributed by atoms with Gasteiger partial charge in [-0.05, 0) is 120 Å². The van der Waals surface area contributed by atoms with E-state index in [1.165, 1.54) is 80.8 Å². The summed E-state index contributed by atoms with van der Waals surface area (Å²) in [5, 5.41) is 33.3. The van der Waals surface area contributed by atoms with Crippen LogP contribution < -0.4 is 21.3 Å². The van der Waals surface area contributed by atoms with E-state index in [1.54, 1.807) is 25.7 Å². The monoisotopic (exact) mass is 1440 g/mol. The molecular weight excluding hydrogens is 1310 g/mol. The highest BCUT2D eigenvalue weighted by Gasteiger charge is 2.44. The second kappa shape index (κ2) is 41.9. The van der Waals surface area contributed by atoms with Gasteiger partial charge in [0.05, 0.1) is 37.8 Å². The molecule has 27 heteroatoms. The summed E-state index contributed by atoms with van der Waals surface area (Å²) < 4.78 is 6.04. The van der Waals surface area contributed by atoms with Gasteiger partial charge in [-0.25, -0.2) is 0 Å². The van der Waals surface area contributed by atoms with Crippen molar-refractivity contribution in [2.45, 2.75) is 284 Å². The number of nitrogens with zero attached hydrogens (tertiary/aromatic N) is 8. The minimum atomic E-state index is -1.64. The predicted octanol–water partition coefficient (Wildman–Crippen LogP) is 4.47. The minimum absolute atomic E-state index is 0.0276. The second-order valence-corrected chi connectivity index (χ2v) is 32.0. The van der Waals surface area contributed by atoms with Crippen molar-refractivity contribution >= 4 is 70.9 Å². The summed E-state index contributed by atoms with van der Waals surface area (Å²) >= 11 is 0. The van der Waals surface area contributed by atoms with Crippen LogP contribution in [0.5, 0.6) is 0 Å². The largest absolute Gasteiger partial charge is 0.391 e. The zero-order valence-corrected chi connectivity index (χ0v) is 65.3. The molecule has 2 saturated carbocycles. The zero-order valence-electron chi connectivity index (χ0n) is 65.3. The highest BCUT2D eigenvalue weighted by molar-refractivity contribution is 6.00. The molecule has 0 radical (unpaired) electrons. The van der Waals surface area contributed by atoms with Crippen LogP contribution in [0.2, 0.25) is 0 Å². The van der Waals surface area contributed by atoms with Crippen molar-refractivity contribution in [1.29, 1.82) is 0 Å². The van der Waals surface area contributed by atoms with Crippen LogP contribution in [0, 0.1) is 35.5 Å². The highest BCUT2D eigenvalue weighted by atomic mass is 16.5. The van der Waals surface area contributed by atoms with E-state index in [1.807, 2.05) is 48.5 Å². The molecule has 4 rings (SSSR count). The van der Waals surface area contributed by atoms with E-state index in [0.29, 0.717) is 38.8 Å². The number of carbonyl (C=O) groups is 12. The number of carbonyl (C=O) groups excluding carboxylic acids is 12. The average molecular weight is 1440 g/mol. The Bertz CT molecular complexity index is 2780. The Labute approximate surface area is 609 Å². The molecule has 11 atom stereocenters. The third kappa shape index (κ3) is 26.9. The molecule has 2 heterocycles. The van der Waals surface area contributed by atoms with E-state index in [9.17, 15) is 39.0 Å². The lowest BCUT2D eigenvalue weighted by molar-refractivity contribution is -0.151. The third-order valence-corrected chi connectivity index (χ3v) is 21.4. The smallest absolute Gasteiger partial charge is 0.248 e. The average Bonchev–Trinajstić information content (AvgIpc) is 0.849. The summed E-state index contributed by atoms with van der Waals surface area (Å²) in [5.74, 6) is -9.24. The van der Waals surface area contributed by atoms with Gasteiger partial charge in [0.25, 0.3) is 0 Å². The van der Waals surface area contributed by atoms with Crippen LogP contribution in [-0.4, -0.2) is 275 Å². The van der Waals surface area contributed by atoms with Gasteiger partial charge in [-0.2, -0.15) is 0 Å². The molecule has 12 amide bonds. The number of ether oxygens (including phenoxy) is 1. The number of aliphatic hydroxyl groups excluding tert-OH is 1. The zero-order chi connectivity index (χ0) is 76.6. The fourth-order valence-corrected chi connectivity index (χ4v) is 14.4. The molecule has 0 aromatic heterocycles. The van der Waals surface area contributed by atoms with Crippen LogP contribution >= 0.6 is 0 Å². The molecule has 2 aliphatic carbocycles. The Hall–Kier alpha value is -6.48. The van der Waals surface area contributed by atoms with Crippen molar-refractivity contribution < 1.29 is 72.5 Å². The number of hydrogen-bond acceptors (Lipinski definition) is 15. The number of amides is 12. The summed E-state index contributed by atoms with van der Waals surface area (Å²) in [4.78, 5) is 190. The number of likely N-dealkylation sites (N-methyl/N-ethyl adjacent to an activating group) is 7. The fraction of sp³-hybridized carbons (Fsp3) is 0.840. The second-order valence-electron chi connectivity index (χ2n) is 32.0. The van der Waals surface area contributed by atoms with Crippen molar-refractivity contribution in [3.63, 3.8) is 0 Å². The van der Waals surface area contributed by atoms with E-state index in [4.69, 9.17) is 4.74 Å². The van der Waals surface area contributed by atoms with Gasteiger partial charge in [-0.3, -0.25) is 57.5 Å². The van der Waals surface area contributed by atoms with Crippen LogP contribution in [-0.2, 0) is 62.3 Å². The van der Waals surface area contributed by atoms with Crippen molar-refractivity contribution in [1.82, 2.24) is 60.5 Å². The number of likely N-dealkylation sites (tertiary alicyclic amines) is 1. The Kier molecular flexibility index (Phi) is 36.1. The summed E-state index contributed by atoms with van der Waals surface area (Å²) in [6.07, 6.45) is 11.2. The van der Waals surface area contributed by atoms with Crippen LogP contribution in [0.4, 0.5) is 0 Å². The molecule has 6 N–H and O–H groups in total. The van der Waals surface area contributed by atoms with Gasteiger partial charge in [0, 0.05) is 69.0 Å². The highest BCUT2D eigenvalue weighted by Crippen LogP contribution is 2.31. The number of piperidine rings is 1. The first-order valence-electron chi connectivity index (χ1n) is 38.1. The van der Waals surface area contributed by atoms with Gasteiger partial charge in [0.1, 0.15) is 54.4 Å². The number of rotatable bonds is 20. The van der Waals surface area contributed by atoms with E-state index >= 15 is 28.8 Å². The first-order valence-corrected chi connectivity index (χ1v) is 38.1. The molecule has 2 aliphatic heterocycles. The molecule has 582 valence electrons. The third-order valence-electron chi connectivity index (χ3n) is 21.4. The first-order chi connectivity index (χ1) is 47.8. The van der Waals surface area contributed by atoms with Gasteiger partial charge >= 0.3 is 0 Å². The molecule has 4 fully saturated rings. The van der Waals surface area contributed by atoms with Crippen LogP contribution in [0.1, 0.15) is 217 Å². The van der Waals surface area contributed by atoms with Gasteiger partial charge in [-0.15, -0.1) is 0 Å². The van der Waals surface area contributed by atoms with Crippen LogP contribution in [0.3, 0.4) is 0 Å². The molecule has 0 aromatic rings. The van der Waals surface area contributed by atoms with Gasteiger partial charge in [0.15, 0.2) is 0 Å². The summed E-state index contributed by atoms with van der Waals surface area (Å²) in [5.41, 5.74) is -1.17. The van der Waals surface area contributed by atoms with E-state index < -0.39 is 169 Å². The molecule has 0 aromatic carbocycles. The van der Waals surface area contributed by atoms with E-state index in [0.717, 1.165) is 80.4 Å². The van der Waals surface area contributed by atoms with Crippen molar-refractivity contribution in [3.05, 3.63) is 0 Å². The topological polar surface area (TPSA) is 329 Å². The van der Waals surface area contributed by atoms with Crippen molar-refractivity contribution in [2.75, 3.05) is 88.7 Å². The SMILES string of the molecule is CC[C@H](C)[C@@H]1NC(=O)[C@H](CC2CCCCC2)N(C)C(=O)CN(C)C(=O)C[C@@H](C(=O)N2CCCCC2)NC(=O)[C@H](CC(C)C)N(C)C(=O)[C@H](COCCC(C)(C)O)NC(=O)[C@H](CC(C)C)N(C)C(=O)[C@H](CCC2CCCCC2)N(C)C(=O)CN(C)C(=O)[C@H]([C@@H](C)O)NC(=O)[C@H](CC(C)C)N(C)C1=O. The summed E-state index contributed by atoms with van der Waals surface area (Å²) in [6.45, 7) is 18.3. The Morgan fingerprint density at radius 2 is 0.941 bits per heavy atom. The first kappa shape index (κ1) is 87.9. The number of nitrogens with one attached hydrogen (secondary N) is 4. The van der Waals surface area contributed by atoms with Gasteiger partial charge in [-0.1, -0.05) is 126 Å². The normalized spacial score (nSPS) is 26.8. The van der Waals surface area contributed by atoms with E-state index in [-0.39, 0.29) is 74.7 Å². The number of aliphatic hydroxyl groups is 2. The van der Waals surface area contributed by atoms with Crippen LogP contribution in [0.15, 0.2) is 0 Å². The lowest BCUT2D eigenvalue weighted by Gasteiger charge is -2.38. The molecule has 0 spiro atoms. The molecule has 0 unspecified atom stereocenters. The molecular formula is C75H132N12O15. The predicted molar refractivity (Wildman–Crippen MR) is 389 cm³/mol. The quantitative estimate of drug-likeness (QED) is 0.0917. The van der Waals surface area contributed by atoms with Crippen molar-refractivity contribution in [2.24, 2.45) is 35.5 Å². The molecule has 102 heavy (non-hydrogen) atoms. The van der Waals surface area contributed by atoms with Crippen molar-refractivity contribution in [3.8, 4) is 0 Å². The Morgan fingerprint density at radius 1 is 0.500 bits per heavy atom. The molecule has 4 aliphatic rings. The summed E-state index contributed by atoms with van der Waals surface area (Å²) in [6, 6.07) is -12.0. The maximum absolute atomic E-state index is 15.4. The van der Waals surface area contributed by atoms with Gasteiger partial charge in [0.2, 0.25) is 70.9 Å². The lowest BCUT2D eigenvalue weighted by atomic mass is 9.84.